The Hall–Kier alpha value is -2.68. The Labute approximate surface area is 159 Å². The van der Waals surface area contributed by atoms with E-state index in [9.17, 15) is 18.8 Å². The van der Waals surface area contributed by atoms with Crippen LogP contribution in [-0.4, -0.2) is 46.8 Å². The van der Waals surface area contributed by atoms with Crippen LogP contribution >= 0.6 is 11.8 Å². The number of benzene rings is 1. The van der Waals surface area contributed by atoms with Gasteiger partial charge in [-0.1, -0.05) is 0 Å². The summed E-state index contributed by atoms with van der Waals surface area (Å²) in [5.41, 5.74) is 0.571. The molecule has 0 bridgehead atoms. The van der Waals surface area contributed by atoms with Crippen molar-refractivity contribution in [2.45, 2.75) is 19.0 Å². The van der Waals surface area contributed by atoms with Crippen molar-refractivity contribution < 1.29 is 18.7 Å². The molecule has 2 aromatic rings. The second-order valence-corrected chi connectivity index (χ2v) is 6.63. The first-order chi connectivity index (χ1) is 12.9. The van der Waals surface area contributed by atoms with Crippen LogP contribution in [0.4, 0.5) is 4.39 Å². The van der Waals surface area contributed by atoms with Crippen LogP contribution in [-0.2, 0) is 20.9 Å². The number of thioether (sulfide) groups is 1. The third kappa shape index (κ3) is 5.92. The van der Waals surface area contributed by atoms with Gasteiger partial charge in [0, 0.05) is 11.6 Å². The number of aromatic nitrogens is 2. The van der Waals surface area contributed by atoms with Crippen molar-refractivity contribution in [3.05, 3.63) is 52.6 Å². The Morgan fingerprint density at radius 1 is 1.26 bits per heavy atom. The van der Waals surface area contributed by atoms with Gasteiger partial charge < -0.3 is 10.1 Å². The van der Waals surface area contributed by atoms with E-state index in [1.807, 2.05) is 6.26 Å². The normalized spacial score (nSPS) is 11.7. The van der Waals surface area contributed by atoms with Gasteiger partial charge in [-0.25, -0.2) is 13.9 Å². The Morgan fingerprint density at radius 2 is 1.96 bits per heavy atom. The molecule has 1 atom stereocenters. The number of methoxy groups -OCH3 is 1. The molecule has 0 aliphatic carbocycles. The summed E-state index contributed by atoms with van der Waals surface area (Å²) >= 11 is 1.54. The van der Waals surface area contributed by atoms with Gasteiger partial charge in [0.1, 0.15) is 18.4 Å². The molecule has 0 aliphatic rings. The maximum Gasteiger partial charge on any atom is 0.328 e. The quantitative estimate of drug-likeness (QED) is 0.683. The lowest BCUT2D eigenvalue weighted by molar-refractivity contribution is -0.145. The number of carbonyl (C=O) groups excluding carboxylic acids is 2. The van der Waals surface area contributed by atoms with Crippen LogP contribution in [0.25, 0.3) is 11.3 Å². The van der Waals surface area contributed by atoms with Crippen LogP contribution in [0.3, 0.4) is 0 Å². The summed E-state index contributed by atoms with van der Waals surface area (Å²) in [7, 11) is 1.25. The van der Waals surface area contributed by atoms with Gasteiger partial charge in [-0.15, -0.1) is 0 Å². The first-order valence-corrected chi connectivity index (χ1v) is 9.54. The van der Waals surface area contributed by atoms with Crippen molar-refractivity contribution in [1.82, 2.24) is 15.1 Å². The zero-order chi connectivity index (χ0) is 19.8. The lowest BCUT2D eigenvalue weighted by atomic mass is 10.1. The number of halogens is 1. The highest BCUT2D eigenvalue weighted by Crippen LogP contribution is 2.15. The fraction of sp³-hybridized carbons (Fsp3) is 0.333. The molecule has 0 saturated heterocycles. The molecule has 0 saturated carbocycles. The minimum Gasteiger partial charge on any atom is -0.467 e. The lowest BCUT2D eigenvalue weighted by Crippen LogP contribution is -2.44. The average molecular weight is 393 g/mol. The van der Waals surface area contributed by atoms with Crippen molar-refractivity contribution in [3.63, 3.8) is 0 Å². The molecule has 0 unspecified atom stereocenters. The highest BCUT2D eigenvalue weighted by Gasteiger charge is 2.21. The third-order valence-electron chi connectivity index (χ3n) is 3.73. The van der Waals surface area contributed by atoms with Crippen LogP contribution in [0.15, 0.2) is 41.2 Å². The van der Waals surface area contributed by atoms with E-state index in [4.69, 9.17) is 4.74 Å². The van der Waals surface area contributed by atoms with Gasteiger partial charge in [-0.3, -0.25) is 9.59 Å². The SMILES string of the molecule is COC(=O)[C@H](CCSC)NC(=O)Cn1nc(-c2ccc(F)cc2)ccc1=O. The summed E-state index contributed by atoms with van der Waals surface area (Å²) in [4.78, 5) is 36.1. The van der Waals surface area contributed by atoms with Gasteiger partial charge in [-0.2, -0.15) is 16.9 Å². The Kier molecular flexibility index (Phi) is 7.54. The van der Waals surface area contributed by atoms with Gasteiger partial charge in [0.2, 0.25) is 5.91 Å². The zero-order valence-corrected chi connectivity index (χ0v) is 15.8. The van der Waals surface area contributed by atoms with Crippen molar-refractivity contribution in [3.8, 4) is 11.3 Å². The fourth-order valence-electron chi connectivity index (χ4n) is 2.34. The van der Waals surface area contributed by atoms with Crippen molar-refractivity contribution >= 4 is 23.6 Å². The minimum atomic E-state index is -0.786. The summed E-state index contributed by atoms with van der Waals surface area (Å²) < 4.78 is 18.7. The summed E-state index contributed by atoms with van der Waals surface area (Å²) in [6.45, 7) is -0.347. The zero-order valence-electron chi connectivity index (χ0n) is 15.0. The highest BCUT2D eigenvalue weighted by atomic mass is 32.2. The molecule has 1 aromatic carbocycles. The molecule has 1 heterocycles. The van der Waals surface area contributed by atoms with E-state index < -0.39 is 23.5 Å². The number of nitrogens with zero attached hydrogens (tertiary/aromatic N) is 2. The number of carbonyl (C=O) groups is 2. The molecule has 2 rings (SSSR count). The van der Waals surface area contributed by atoms with E-state index >= 15 is 0 Å². The first kappa shape index (κ1) is 20.6. The number of ether oxygens (including phenoxy) is 1. The van der Waals surface area contributed by atoms with Crippen molar-refractivity contribution in [2.75, 3.05) is 19.1 Å². The van der Waals surface area contributed by atoms with Crippen molar-refractivity contribution in [1.29, 1.82) is 0 Å². The molecule has 0 radical (unpaired) electrons. The second-order valence-electron chi connectivity index (χ2n) is 5.65. The van der Waals surface area contributed by atoms with Crippen LogP contribution in [0.2, 0.25) is 0 Å². The van der Waals surface area contributed by atoms with Gasteiger partial charge in [0.15, 0.2) is 0 Å². The molecular formula is C18H20FN3O4S. The molecule has 0 fully saturated rings. The third-order valence-corrected chi connectivity index (χ3v) is 4.38. The number of amides is 1. The van der Waals surface area contributed by atoms with E-state index in [-0.39, 0.29) is 12.4 Å². The Balaban J connectivity index is 2.14. The predicted octanol–water partition coefficient (Wildman–Crippen LogP) is 1.46. The van der Waals surface area contributed by atoms with Crippen LogP contribution in [0, 0.1) is 5.82 Å². The van der Waals surface area contributed by atoms with Crippen molar-refractivity contribution in [2.24, 2.45) is 0 Å². The number of nitrogens with one attached hydrogen (secondary N) is 1. The monoisotopic (exact) mass is 393 g/mol. The summed E-state index contributed by atoms with van der Waals surface area (Å²) in [6, 6.07) is 7.62. The molecule has 0 spiro atoms. The molecule has 1 aromatic heterocycles. The van der Waals surface area contributed by atoms with Gasteiger partial charge in [0.05, 0.1) is 12.8 Å². The molecule has 0 aliphatic heterocycles. The molecule has 7 nitrogen and oxygen atoms in total. The first-order valence-electron chi connectivity index (χ1n) is 8.15. The van der Waals surface area contributed by atoms with E-state index in [2.05, 4.69) is 10.4 Å². The molecule has 9 heteroatoms. The Morgan fingerprint density at radius 3 is 2.59 bits per heavy atom. The number of hydrogen-bond donors (Lipinski definition) is 1. The topological polar surface area (TPSA) is 90.3 Å². The van der Waals surface area contributed by atoms with Crippen LogP contribution in [0.1, 0.15) is 6.42 Å². The van der Waals surface area contributed by atoms with Gasteiger partial charge >= 0.3 is 5.97 Å². The smallest absolute Gasteiger partial charge is 0.328 e. The predicted molar refractivity (Wildman–Crippen MR) is 101 cm³/mol. The number of hydrogen-bond acceptors (Lipinski definition) is 6. The standard InChI is InChI=1S/C18H20FN3O4S/c1-26-18(25)15(9-10-27-2)20-16(23)11-22-17(24)8-7-14(21-22)12-3-5-13(19)6-4-12/h3-8,15H,9-11H2,1-2H3,(H,20,23)/t15-/m0/s1. The minimum absolute atomic E-state index is 0.347. The van der Waals surface area contributed by atoms with Crippen LogP contribution in [0.5, 0.6) is 0 Å². The number of esters is 1. The van der Waals surface area contributed by atoms with Gasteiger partial charge in [0.25, 0.3) is 5.56 Å². The lowest BCUT2D eigenvalue weighted by Gasteiger charge is -2.16. The fourth-order valence-corrected chi connectivity index (χ4v) is 2.81. The van der Waals surface area contributed by atoms with E-state index in [1.165, 1.54) is 55.3 Å². The van der Waals surface area contributed by atoms with E-state index in [0.717, 1.165) is 4.68 Å². The summed E-state index contributed by atoms with van der Waals surface area (Å²) in [6.07, 6.45) is 2.30. The summed E-state index contributed by atoms with van der Waals surface area (Å²) in [5, 5.41) is 6.72. The molecule has 27 heavy (non-hydrogen) atoms. The highest BCUT2D eigenvalue weighted by molar-refractivity contribution is 7.98. The summed E-state index contributed by atoms with van der Waals surface area (Å²) in [5.74, 6) is -0.793. The molecule has 144 valence electrons. The van der Waals surface area contributed by atoms with E-state index in [1.54, 1.807) is 0 Å². The number of rotatable bonds is 8. The maximum atomic E-state index is 13.1. The largest absolute Gasteiger partial charge is 0.467 e. The van der Waals surface area contributed by atoms with E-state index in [0.29, 0.717) is 23.4 Å². The van der Waals surface area contributed by atoms with Gasteiger partial charge in [-0.05, 0) is 48.8 Å². The Bertz CT molecular complexity index is 854. The molecule has 1 amide bonds. The average Bonchev–Trinajstić information content (AvgIpc) is 2.67. The van der Waals surface area contributed by atoms with Crippen LogP contribution < -0.4 is 10.9 Å². The molecular weight excluding hydrogens is 373 g/mol. The maximum absolute atomic E-state index is 13.1. The molecule has 1 N–H and O–H groups in total. The second kappa shape index (κ2) is 9.86.